The van der Waals surface area contributed by atoms with E-state index >= 15 is 0 Å². The van der Waals surface area contributed by atoms with Crippen molar-refractivity contribution in [1.29, 1.82) is 0 Å². The predicted molar refractivity (Wildman–Crippen MR) is 88.4 cm³/mol. The average molecular weight is 311 g/mol. The molecule has 1 fully saturated rings. The maximum atomic E-state index is 12.5. The average Bonchev–Trinajstić information content (AvgIpc) is 3.10. The predicted octanol–water partition coefficient (Wildman–Crippen LogP) is 3.52. The maximum absolute atomic E-state index is 12.5. The van der Waals surface area contributed by atoms with Crippen molar-refractivity contribution in [1.82, 2.24) is 14.7 Å². The first kappa shape index (κ1) is 13.5. The summed E-state index contributed by atoms with van der Waals surface area (Å²) in [6.45, 7) is 2.10. The van der Waals surface area contributed by atoms with Crippen LogP contribution in [0.3, 0.4) is 0 Å². The number of amides is 1. The van der Waals surface area contributed by atoms with Crippen LogP contribution in [0.1, 0.15) is 35.1 Å². The minimum Gasteiger partial charge on any atom is -0.349 e. The van der Waals surface area contributed by atoms with E-state index in [4.69, 9.17) is 0 Å². The Hall–Kier alpha value is -2.14. The number of rotatable bonds is 4. The quantitative estimate of drug-likeness (QED) is 0.801. The van der Waals surface area contributed by atoms with Gasteiger partial charge in [-0.05, 0) is 37.5 Å². The molecule has 1 N–H and O–H groups in total. The molecule has 1 aliphatic carbocycles. The fourth-order valence-corrected chi connectivity index (χ4v) is 3.35. The number of aryl methyl sites for hydroxylation is 1. The molecule has 1 saturated carbocycles. The van der Waals surface area contributed by atoms with Crippen molar-refractivity contribution in [2.75, 3.05) is 0 Å². The SMILES string of the molecule is CCc1nc(-c2cc(C(=O)NC3CC3)c3ccccn23)cs1. The third-order valence-electron chi connectivity index (χ3n) is 3.95. The van der Waals surface area contributed by atoms with Gasteiger partial charge in [0.2, 0.25) is 0 Å². The standard InChI is InChI=1S/C17H17N3OS/c1-2-16-19-13(10-22-16)15-9-12(17(21)18-11-6-7-11)14-5-3-4-8-20(14)15/h3-5,8-11H,2,6-7H2,1H3,(H,18,21). The van der Waals surface area contributed by atoms with Gasteiger partial charge in [-0.25, -0.2) is 4.98 Å². The van der Waals surface area contributed by atoms with Gasteiger partial charge >= 0.3 is 0 Å². The molecule has 0 bridgehead atoms. The Bertz CT molecular complexity index is 845. The fraction of sp³-hybridized carbons (Fsp3) is 0.294. The van der Waals surface area contributed by atoms with Crippen LogP contribution in [0, 0.1) is 0 Å². The molecule has 3 aromatic heterocycles. The maximum Gasteiger partial charge on any atom is 0.253 e. The Labute approximate surface area is 132 Å². The summed E-state index contributed by atoms with van der Waals surface area (Å²) in [6.07, 6.45) is 5.11. The Kier molecular flexibility index (Phi) is 3.22. The zero-order valence-corrected chi connectivity index (χ0v) is 13.2. The van der Waals surface area contributed by atoms with Crippen LogP contribution in [0.4, 0.5) is 0 Å². The molecule has 0 saturated heterocycles. The summed E-state index contributed by atoms with van der Waals surface area (Å²) in [5, 5.41) is 6.25. The van der Waals surface area contributed by atoms with E-state index in [0.29, 0.717) is 6.04 Å². The number of pyridine rings is 1. The van der Waals surface area contributed by atoms with Crippen LogP contribution in [-0.2, 0) is 6.42 Å². The van der Waals surface area contributed by atoms with Crippen molar-refractivity contribution in [2.45, 2.75) is 32.2 Å². The van der Waals surface area contributed by atoms with E-state index < -0.39 is 0 Å². The lowest BCUT2D eigenvalue weighted by Crippen LogP contribution is -2.25. The largest absolute Gasteiger partial charge is 0.349 e. The van der Waals surface area contributed by atoms with Crippen LogP contribution >= 0.6 is 11.3 Å². The lowest BCUT2D eigenvalue weighted by atomic mass is 10.2. The summed E-state index contributed by atoms with van der Waals surface area (Å²) < 4.78 is 2.05. The number of carbonyl (C=O) groups excluding carboxylic acids is 1. The zero-order chi connectivity index (χ0) is 15.1. The van der Waals surface area contributed by atoms with Gasteiger partial charge in [0.05, 0.1) is 27.5 Å². The molecule has 4 nitrogen and oxygen atoms in total. The van der Waals surface area contributed by atoms with Crippen molar-refractivity contribution in [3.05, 3.63) is 46.4 Å². The molecule has 0 spiro atoms. The van der Waals surface area contributed by atoms with Crippen LogP contribution in [0.5, 0.6) is 0 Å². The van der Waals surface area contributed by atoms with Gasteiger partial charge in [-0.3, -0.25) is 4.79 Å². The van der Waals surface area contributed by atoms with E-state index in [9.17, 15) is 4.79 Å². The van der Waals surface area contributed by atoms with Gasteiger partial charge in [0.1, 0.15) is 0 Å². The topological polar surface area (TPSA) is 46.4 Å². The van der Waals surface area contributed by atoms with Gasteiger partial charge in [-0.1, -0.05) is 13.0 Å². The highest BCUT2D eigenvalue weighted by molar-refractivity contribution is 7.09. The number of aromatic nitrogens is 2. The van der Waals surface area contributed by atoms with Gasteiger partial charge in [0, 0.05) is 17.6 Å². The molecule has 0 aliphatic heterocycles. The highest BCUT2D eigenvalue weighted by Gasteiger charge is 2.26. The van der Waals surface area contributed by atoms with Gasteiger partial charge in [0.15, 0.2) is 0 Å². The van der Waals surface area contributed by atoms with Crippen LogP contribution in [-0.4, -0.2) is 21.3 Å². The van der Waals surface area contributed by atoms with E-state index in [-0.39, 0.29) is 5.91 Å². The van der Waals surface area contributed by atoms with E-state index in [1.54, 1.807) is 11.3 Å². The van der Waals surface area contributed by atoms with E-state index in [2.05, 4.69) is 27.0 Å². The van der Waals surface area contributed by atoms with Gasteiger partial charge < -0.3 is 9.72 Å². The lowest BCUT2D eigenvalue weighted by molar-refractivity contribution is 0.0953. The monoisotopic (exact) mass is 311 g/mol. The highest BCUT2D eigenvalue weighted by atomic mass is 32.1. The second kappa shape index (κ2) is 5.25. The summed E-state index contributed by atoms with van der Waals surface area (Å²) in [6, 6.07) is 8.25. The van der Waals surface area contributed by atoms with Crippen LogP contribution in [0.2, 0.25) is 0 Å². The number of fused-ring (bicyclic) bond motifs is 1. The molecule has 0 unspecified atom stereocenters. The van der Waals surface area contributed by atoms with Crippen LogP contribution in [0.15, 0.2) is 35.8 Å². The molecule has 1 aliphatic rings. The second-order valence-corrected chi connectivity index (χ2v) is 6.57. The fourth-order valence-electron chi connectivity index (χ4n) is 2.61. The Balaban J connectivity index is 1.82. The summed E-state index contributed by atoms with van der Waals surface area (Å²) in [5.41, 5.74) is 3.58. The van der Waals surface area contributed by atoms with E-state index in [1.165, 1.54) is 0 Å². The Morgan fingerprint density at radius 3 is 3.05 bits per heavy atom. The molecule has 4 rings (SSSR count). The number of hydrogen-bond acceptors (Lipinski definition) is 3. The number of carbonyl (C=O) groups is 1. The smallest absolute Gasteiger partial charge is 0.253 e. The molecule has 0 atom stereocenters. The van der Waals surface area contributed by atoms with Gasteiger partial charge in [-0.2, -0.15) is 0 Å². The van der Waals surface area contributed by atoms with E-state index in [1.807, 2.05) is 30.5 Å². The van der Waals surface area contributed by atoms with Crippen LogP contribution < -0.4 is 5.32 Å². The van der Waals surface area contributed by atoms with Crippen molar-refractivity contribution in [3.63, 3.8) is 0 Å². The normalized spacial score (nSPS) is 14.4. The van der Waals surface area contributed by atoms with Crippen LogP contribution in [0.25, 0.3) is 16.9 Å². The molecule has 0 radical (unpaired) electrons. The van der Waals surface area contributed by atoms with Gasteiger partial charge in [-0.15, -0.1) is 11.3 Å². The molecule has 1 amide bonds. The number of hydrogen-bond donors (Lipinski definition) is 1. The number of thiazole rings is 1. The lowest BCUT2D eigenvalue weighted by Gasteiger charge is -2.02. The molecule has 22 heavy (non-hydrogen) atoms. The van der Waals surface area contributed by atoms with Crippen molar-refractivity contribution in [2.24, 2.45) is 0 Å². The molecule has 0 aromatic carbocycles. The first-order valence-corrected chi connectivity index (χ1v) is 8.50. The first-order valence-electron chi connectivity index (χ1n) is 7.62. The summed E-state index contributed by atoms with van der Waals surface area (Å²) in [4.78, 5) is 17.1. The summed E-state index contributed by atoms with van der Waals surface area (Å²) in [5.74, 6) is 0.0170. The summed E-state index contributed by atoms with van der Waals surface area (Å²) >= 11 is 1.67. The van der Waals surface area contributed by atoms with Crippen molar-refractivity contribution < 1.29 is 4.79 Å². The molecule has 112 valence electrons. The van der Waals surface area contributed by atoms with Crippen molar-refractivity contribution >= 4 is 22.8 Å². The van der Waals surface area contributed by atoms with Crippen molar-refractivity contribution in [3.8, 4) is 11.4 Å². The Morgan fingerprint density at radius 2 is 2.32 bits per heavy atom. The highest BCUT2D eigenvalue weighted by Crippen LogP contribution is 2.28. The van der Waals surface area contributed by atoms with Gasteiger partial charge in [0.25, 0.3) is 5.91 Å². The zero-order valence-electron chi connectivity index (χ0n) is 12.4. The molecule has 3 heterocycles. The Morgan fingerprint density at radius 1 is 1.45 bits per heavy atom. The molecule has 3 aromatic rings. The third kappa shape index (κ3) is 2.31. The number of nitrogens with one attached hydrogen (secondary N) is 1. The minimum absolute atomic E-state index is 0.0170. The third-order valence-corrected chi connectivity index (χ3v) is 4.94. The number of nitrogens with zero attached hydrogens (tertiary/aromatic N) is 2. The first-order chi connectivity index (χ1) is 10.8. The second-order valence-electron chi connectivity index (χ2n) is 5.63. The summed E-state index contributed by atoms with van der Waals surface area (Å²) in [7, 11) is 0. The minimum atomic E-state index is 0.0170. The molecule has 5 heteroatoms. The van der Waals surface area contributed by atoms with E-state index in [0.717, 1.165) is 46.7 Å². The molecular weight excluding hydrogens is 294 g/mol. The molecular formula is C17H17N3OS.